The van der Waals surface area contributed by atoms with E-state index in [2.05, 4.69) is 22.2 Å². The lowest BCUT2D eigenvalue weighted by atomic mass is 10.2. The molecule has 4 aliphatic rings. The van der Waals surface area contributed by atoms with Crippen LogP contribution in [0.2, 0.25) is 0 Å². The van der Waals surface area contributed by atoms with Crippen molar-refractivity contribution in [3.8, 4) is 23.0 Å². The number of hydrogen-bond acceptors (Lipinski definition) is 4. The molecule has 2 spiro atoms. The van der Waals surface area contributed by atoms with Crippen molar-refractivity contribution in [2.75, 3.05) is 0 Å². The average molecular weight is 318 g/mol. The zero-order valence-electron chi connectivity index (χ0n) is 12.6. The van der Waals surface area contributed by atoms with E-state index in [1.165, 1.54) is 5.57 Å². The zero-order chi connectivity index (χ0) is 14.9. The first-order valence-electron chi connectivity index (χ1n) is 7.96. The van der Waals surface area contributed by atoms with Crippen molar-refractivity contribution in [3.05, 3.63) is 17.7 Å². The summed E-state index contributed by atoms with van der Waals surface area (Å²) in [6, 6.07) is 1.94. The van der Waals surface area contributed by atoms with Crippen molar-refractivity contribution in [2.45, 2.75) is 57.0 Å². The van der Waals surface area contributed by atoms with Crippen molar-refractivity contribution < 1.29 is 18.9 Å². The molecule has 5 rings (SSSR count). The van der Waals surface area contributed by atoms with E-state index < -0.39 is 11.6 Å². The Bertz CT molecular complexity index is 705. The topological polar surface area (TPSA) is 36.9 Å². The van der Waals surface area contributed by atoms with Crippen molar-refractivity contribution in [3.63, 3.8) is 0 Å². The number of hydrogen-bond donors (Lipinski definition) is 0. The minimum Gasteiger partial charge on any atom is -0.448 e. The van der Waals surface area contributed by atoms with Gasteiger partial charge in [0, 0.05) is 31.7 Å². The van der Waals surface area contributed by atoms with Crippen LogP contribution in [0.15, 0.2) is 17.7 Å². The third-order valence-corrected chi connectivity index (χ3v) is 5.57. The Morgan fingerprint density at radius 2 is 1.59 bits per heavy atom. The Labute approximate surface area is 132 Å². The van der Waals surface area contributed by atoms with Crippen LogP contribution < -0.4 is 24.3 Å². The summed E-state index contributed by atoms with van der Waals surface area (Å²) >= 11 is 0. The van der Waals surface area contributed by atoms with Gasteiger partial charge in [0.05, 0.1) is 5.30 Å². The van der Waals surface area contributed by atoms with Gasteiger partial charge in [-0.15, -0.1) is 0 Å². The van der Waals surface area contributed by atoms with Gasteiger partial charge in [0.1, 0.15) is 0 Å². The predicted molar refractivity (Wildman–Crippen MR) is 85.2 cm³/mol. The quantitative estimate of drug-likeness (QED) is 0.542. The highest BCUT2D eigenvalue weighted by Crippen LogP contribution is 2.54. The summed E-state index contributed by atoms with van der Waals surface area (Å²) in [5.74, 6) is 2.13. The molecule has 1 aromatic rings. The molecule has 0 aromatic heterocycles. The van der Waals surface area contributed by atoms with E-state index in [-0.39, 0.29) is 0 Å². The summed E-state index contributed by atoms with van der Waals surface area (Å²) in [7, 11) is 2.74. The van der Waals surface area contributed by atoms with Gasteiger partial charge in [-0.25, -0.2) is 0 Å². The fourth-order valence-corrected chi connectivity index (χ4v) is 4.37. The molecule has 0 radical (unpaired) electrons. The number of fused-ring (bicyclic) bond motifs is 2. The third kappa shape index (κ3) is 1.68. The maximum Gasteiger partial charge on any atom is 0.258 e. The van der Waals surface area contributed by atoms with E-state index in [0.29, 0.717) is 0 Å². The molecule has 116 valence electrons. The second kappa shape index (κ2) is 4.11. The van der Waals surface area contributed by atoms with E-state index in [1.807, 2.05) is 6.07 Å². The maximum atomic E-state index is 6.20. The first-order valence-corrected chi connectivity index (χ1v) is 8.54. The molecule has 22 heavy (non-hydrogen) atoms. The molecular formula is C17H19O4P. The highest BCUT2D eigenvalue weighted by Gasteiger charge is 2.49. The molecule has 2 aliphatic carbocycles. The first-order chi connectivity index (χ1) is 10.6. The van der Waals surface area contributed by atoms with Crippen molar-refractivity contribution in [1.82, 2.24) is 0 Å². The van der Waals surface area contributed by atoms with E-state index in [0.717, 1.165) is 66.8 Å². The van der Waals surface area contributed by atoms with Gasteiger partial charge in [-0.1, -0.05) is 20.9 Å². The van der Waals surface area contributed by atoms with E-state index >= 15 is 0 Å². The number of benzene rings is 1. The molecule has 4 nitrogen and oxygen atoms in total. The highest BCUT2D eigenvalue weighted by atomic mass is 31.0. The molecule has 2 atom stereocenters. The number of rotatable bonds is 0. The fraction of sp³-hybridized carbons (Fsp3) is 0.529. The van der Waals surface area contributed by atoms with Crippen molar-refractivity contribution >= 4 is 14.5 Å². The van der Waals surface area contributed by atoms with Crippen LogP contribution in [0.4, 0.5) is 0 Å². The van der Waals surface area contributed by atoms with E-state index in [4.69, 9.17) is 18.9 Å². The lowest BCUT2D eigenvalue weighted by Gasteiger charge is -2.23. The predicted octanol–water partition coefficient (Wildman–Crippen LogP) is 3.44. The Hall–Kier alpha value is -1.41. The summed E-state index contributed by atoms with van der Waals surface area (Å²) in [6.07, 6.45) is 7.98. The summed E-state index contributed by atoms with van der Waals surface area (Å²) < 4.78 is 24.7. The van der Waals surface area contributed by atoms with Crippen LogP contribution in [-0.4, -0.2) is 11.6 Å². The van der Waals surface area contributed by atoms with Crippen LogP contribution in [0.25, 0.3) is 0 Å². The summed E-state index contributed by atoms with van der Waals surface area (Å²) in [5, 5.41) is 0.915. The Balaban J connectivity index is 1.51. The Kier molecular flexibility index (Phi) is 2.44. The zero-order valence-corrected chi connectivity index (χ0v) is 13.8. The van der Waals surface area contributed by atoms with Crippen LogP contribution in [0.5, 0.6) is 23.0 Å². The van der Waals surface area contributed by atoms with Gasteiger partial charge in [0.15, 0.2) is 23.0 Å². The maximum absolute atomic E-state index is 6.20. The number of ether oxygens (including phenoxy) is 4. The van der Waals surface area contributed by atoms with Crippen LogP contribution in [0, 0.1) is 0 Å². The molecule has 5 heteroatoms. The van der Waals surface area contributed by atoms with E-state index in [1.54, 1.807) is 0 Å². The van der Waals surface area contributed by atoms with Gasteiger partial charge >= 0.3 is 0 Å². The van der Waals surface area contributed by atoms with E-state index in [9.17, 15) is 0 Å². The lowest BCUT2D eigenvalue weighted by Crippen LogP contribution is -2.36. The second-order valence-corrected chi connectivity index (χ2v) is 7.39. The minimum absolute atomic E-state index is 0.452. The first kappa shape index (κ1) is 13.1. The van der Waals surface area contributed by atoms with Gasteiger partial charge in [-0.05, 0) is 19.8 Å². The molecule has 0 saturated heterocycles. The van der Waals surface area contributed by atoms with Crippen LogP contribution >= 0.6 is 9.24 Å². The average Bonchev–Trinajstić information content (AvgIpc) is 3.22. The fourth-order valence-electron chi connectivity index (χ4n) is 3.97. The Morgan fingerprint density at radius 3 is 2.23 bits per heavy atom. The van der Waals surface area contributed by atoms with Crippen molar-refractivity contribution in [2.24, 2.45) is 0 Å². The smallest absolute Gasteiger partial charge is 0.258 e. The van der Waals surface area contributed by atoms with Gasteiger partial charge in [0.25, 0.3) is 11.6 Å². The van der Waals surface area contributed by atoms with Gasteiger partial charge < -0.3 is 18.9 Å². The third-order valence-electron chi connectivity index (χ3n) is 5.04. The molecule has 0 N–H and O–H groups in total. The molecule has 0 bridgehead atoms. The molecule has 1 fully saturated rings. The molecule has 1 aromatic carbocycles. The summed E-state index contributed by atoms with van der Waals surface area (Å²) in [5.41, 5.74) is 1.31. The molecule has 2 heterocycles. The van der Waals surface area contributed by atoms with Crippen LogP contribution in [-0.2, 0) is 0 Å². The Morgan fingerprint density at radius 1 is 0.955 bits per heavy atom. The molecule has 2 unspecified atom stereocenters. The van der Waals surface area contributed by atoms with Crippen molar-refractivity contribution in [1.29, 1.82) is 0 Å². The van der Waals surface area contributed by atoms with Gasteiger partial charge in [-0.3, -0.25) is 0 Å². The normalized spacial score (nSPS) is 29.6. The summed E-state index contributed by atoms with van der Waals surface area (Å²) in [4.78, 5) is 0. The second-order valence-electron chi connectivity index (χ2n) is 6.81. The molecule has 2 aliphatic heterocycles. The summed E-state index contributed by atoms with van der Waals surface area (Å²) in [6.45, 7) is 2.11. The standard InChI is InChI=1S/C17H19O4P/c1-10-4-7-17(9-10)19-12-8-11-13(15(22)14(12)21-17)20-16(18-11)5-2-3-6-16/h4,8H,2-3,5-7,9,22H2,1H3. The molecular weight excluding hydrogens is 299 g/mol. The SMILES string of the molecule is CC1=CCC2(C1)Oc1cc3c(c(P)c1O2)OC1(CCCC1)O3. The molecule has 1 saturated carbocycles. The van der Waals surface area contributed by atoms with Gasteiger partial charge in [0.2, 0.25) is 0 Å². The lowest BCUT2D eigenvalue weighted by molar-refractivity contribution is -0.0740. The van der Waals surface area contributed by atoms with Gasteiger partial charge in [-0.2, -0.15) is 0 Å². The largest absolute Gasteiger partial charge is 0.448 e. The monoisotopic (exact) mass is 318 g/mol. The van der Waals surface area contributed by atoms with Crippen LogP contribution in [0.1, 0.15) is 45.4 Å². The minimum atomic E-state index is -0.558. The van der Waals surface area contributed by atoms with Crippen LogP contribution in [0.3, 0.4) is 0 Å². The molecule has 0 amide bonds. The highest BCUT2D eigenvalue weighted by molar-refractivity contribution is 7.28.